The lowest BCUT2D eigenvalue weighted by Crippen LogP contribution is -1.72. The van der Waals surface area contributed by atoms with E-state index >= 15 is 0 Å². The summed E-state index contributed by atoms with van der Waals surface area (Å²) in [6, 6.07) is 5.97. The molecule has 3 heteroatoms. The van der Waals surface area contributed by atoms with E-state index in [-0.39, 0.29) is 0 Å². The predicted molar refractivity (Wildman–Crippen MR) is 55.4 cm³/mol. The van der Waals surface area contributed by atoms with E-state index in [4.69, 9.17) is 5.26 Å². The molecule has 0 spiro atoms. The van der Waals surface area contributed by atoms with Crippen LogP contribution in [0.2, 0.25) is 0 Å². The highest BCUT2D eigenvalue weighted by atomic mass is 14.8. The van der Waals surface area contributed by atoms with Gasteiger partial charge in [0, 0.05) is 23.3 Å². The molecular formula is C11H9N3. The molecule has 0 unspecified atom stereocenters. The third-order valence-electron chi connectivity index (χ3n) is 1.99. The maximum absolute atomic E-state index is 8.39. The molecule has 68 valence electrons. The number of aromatic nitrogens is 2. The molecule has 3 nitrogen and oxygen atoms in total. The number of nitriles is 1. The maximum Gasteiger partial charge on any atom is 0.137 e. The Morgan fingerprint density at radius 2 is 2.50 bits per heavy atom. The van der Waals surface area contributed by atoms with Gasteiger partial charge >= 0.3 is 0 Å². The van der Waals surface area contributed by atoms with E-state index in [2.05, 4.69) is 16.0 Å². The fourth-order valence-electron chi connectivity index (χ4n) is 1.35. The molecule has 0 atom stereocenters. The highest BCUT2D eigenvalue weighted by Crippen LogP contribution is 2.16. The van der Waals surface area contributed by atoms with Crippen molar-refractivity contribution >= 4 is 17.1 Å². The Labute approximate surface area is 81.7 Å². The summed E-state index contributed by atoms with van der Waals surface area (Å²) >= 11 is 0. The zero-order valence-corrected chi connectivity index (χ0v) is 7.57. The van der Waals surface area contributed by atoms with Gasteiger partial charge in [0.1, 0.15) is 5.65 Å². The number of fused-ring (bicyclic) bond motifs is 1. The Morgan fingerprint density at radius 3 is 3.36 bits per heavy atom. The van der Waals surface area contributed by atoms with Crippen LogP contribution in [-0.2, 0) is 0 Å². The molecule has 0 radical (unpaired) electrons. The topological polar surface area (TPSA) is 52.5 Å². The van der Waals surface area contributed by atoms with Crippen LogP contribution < -0.4 is 0 Å². The van der Waals surface area contributed by atoms with Gasteiger partial charge in [-0.05, 0) is 12.1 Å². The van der Waals surface area contributed by atoms with E-state index in [1.165, 1.54) is 0 Å². The molecule has 0 aliphatic carbocycles. The Bertz CT molecular complexity index is 502. The number of hydrogen-bond donors (Lipinski definition) is 1. The first-order chi connectivity index (χ1) is 6.92. The number of nitrogens with one attached hydrogen (secondary N) is 1. The predicted octanol–water partition coefficient (Wildman–Crippen LogP) is 2.49. The first-order valence-corrected chi connectivity index (χ1v) is 4.37. The van der Waals surface area contributed by atoms with Gasteiger partial charge in [-0.3, -0.25) is 0 Å². The second kappa shape index (κ2) is 3.75. The quantitative estimate of drug-likeness (QED) is 0.777. The monoisotopic (exact) mass is 183 g/mol. The first kappa shape index (κ1) is 8.52. The van der Waals surface area contributed by atoms with Crippen molar-refractivity contribution in [3.05, 3.63) is 36.2 Å². The van der Waals surface area contributed by atoms with Crippen LogP contribution in [0.25, 0.3) is 17.1 Å². The normalized spacial score (nSPS) is 10.8. The Morgan fingerprint density at radius 1 is 1.57 bits per heavy atom. The summed E-state index contributed by atoms with van der Waals surface area (Å²) in [6.07, 6.45) is 7.86. The summed E-state index contributed by atoms with van der Waals surface area (Å²) in [5.74, 6) is 0. The van der Waals surface area contributed by atoms with Crippen molar-refractivity contribution in [2.45, 2.75) is 6.42 Å². The molecule has 1 N–H and O–H groups in total. The summed E-state index contributed by atoms with van der Waals surface area (Å²) in [5, 5.41) is 9.47. The second-order valence-corrected chi connectivity index (χ2v) is 2.91. The minimum absolute atomic E-state index is 0.437. The molecule has 0 amide bonds. The lowest BCUT2D eigenvalue weighted by atomic mass is 10.2. The summed E-state index contributed by atoms with van der Waals surface area (Å²) in [6.45, 7) is 0. The number of allylic oxidation sites excluding steroid dienone is 1. The van der Waals surface area contributed by atoms with Gasteiger partial charge < -0.3 is 4.98 Å². The van der Waals surface area contributed by atoms with Gasteiger partial charge in [0.25, 0.3) is 0 Å². The van der Waals surface area contributed by atoms with E-state index in [0.717, 1.165) is 16.6 Å². The average Bonchev–Trinajstić information content (AvgIpc) is 2.63. The van der Waals surface area contributed by atoms with Crippen molar-refractivity contribution in [2.75, 3.05) is 0 Å². The fraction of sp³-hybridized carbons (Fsp3) is 0.0909. The van der Waals surface area contributed by atoms with Crippen molar-refractivity contribution < 1.29 is 0 Å². The van der Waals surface area contributed by atoms with Gasteiger partial charge in [0.05, 0.1) is 12.5 Å². The van der Waals surface area contributed by atoms with Gasteiger partial charge in [-0.25, -0.2) is 4.98 Å². The Balaban J connectivity index is 2.39. The fourth-order valence-corrected chi connectivity index (χ4v) is 1.35. The number of aromatic amines is 1. The molecule has 2 aromatic heterocycles. The van der Waals surface area contributed by atoms with Crippen molar-refractivity contribution in [1.29, 1.82) is 5.26 Å². The molecule has 0 saturated heterocycles. The van der Waals surface area contributed by atoms with Crippen molar-refractivity contribution in [3.8, 4) is 6.07 Å². The summed E-state index contributed by atoms with van der Waals surface area (Å²) < 4.78 is 0. The van der Waals surface area contributed by atoms with Gasteiger partial charge in [0.15, 0.2) is 0 Å². The second-order valence-electron chi connectivity index (χ2n) is 2.91. The maximum atomic E-state index is 8.39. The molecule has 0 aromatic carbocycles. The van der Waals surface area contributed by atoms with Crippen LogP contribution in [0.3, 0.4) is 0 Å². The van der Waals surface area contributed by atoms with Crippen LogP contribution in [0.4, 0.5) is 0 Å². The largest absolute Gasteiger partial charge is 0.346 e. The summed E-state index contributed by atoms with van der Waals surface area (Å²) in [4.78, 5) is 7.25. The van der Waals surface area contributed by atoms with E-state index in [1.54, 1.807) is 6.20 Å². The van der Waals surface area contributed by atoms with Gasteiger partial charge in [-0.1, -0.05) is 12.2 Å². The third kappa shape index (κ3) is 1.50. The molecule has 0 aliphatic rings. The Kier molecular flexibility index (Phi) is 2.28. The van der Waals surface area contributed by atoms with Crippen LogP contribution >= 0.6 is 0 Å². The molecular weight excluding hydrogens is 174 g/mol. The highest BCUT2D eigenvalue weighted by Gasteiger charge is 1.98. The molecule has 0 aliphatic heterocycles. The van der Waals surface area contributed by atoms with Gasteiger partial charge in [-0.2, -0.15) is 5.26 Å². The molecule has 2 aromatic rings. The Hall–Kier alpha value is -2.08. The van der Waals surface area contributed by atoms with E-state index in [9.17, 15) is 0 Å². The van der Waals surface area contributed by atoms with Crippen molar-refractivity contribution in [1.82, 2.24) is 9.97 Å². The minimum atomic E-state index is 0.437. The molecule has 0 bridgehead atoms. The van der Waals surface area contributed by atoms with Crippen LogP contribution in [0.5, 0.6) is 0 Å². The molecule has 14 heavy (non-hydrogen) atoms. The van der Waals surface area contributed by atoms with E-state index < -0.39 is 0 Å². The smallest absolute Gasteiger partial charge is 0.137 e. The van der Waals surface area contributed by atoms with Crippen LogP contribution in [0.15, 0.2) is 30.6 Å². The van der Waals surface area contributed by atoms with Crippen molar-refractivity contribution in [3.63, 3.8) is 0 Å². The van der Waals surface area contributed by atoms with Gasteiger partial charge in [-0.15, -0.1) is 0 Å². The number of H-pyrrole nitrogens is 1. The zero-order valence-electron chi connectivity index (χ0n) is 7.57. The van der Waals surface area contributed by atoms with Crippen molar-refractivity contribution in [2.24, 2.45) is 0 Å². The minimum Gasteiger partial charge on any atom is -0.346 e. The average molecular weight is 183 g/mol. The number of hydrogen-bond acceptors (Lipinski definition) is 2. The van der Waals surface area contributed by atoms with Crippen LogP contribution in [0, 0.1) is 11.3 Å². The molecule has 0 fully saturated rings. The SMILES string of the molecule is N#CCC=Cc1c[nH]c2ncccc12. The van der Waals surface area contributed by atoms with Crippen LogP contribution in [0.1, 0.15) is 12.0 Å². The molecule has 0 saturated carbocycles. The number of rotatable bonds is 2. The molecule has 2 rings (SSSR count). The number of nitrogens with zero attached hydrogens (tertiary/aromatic N) is 2. The molecule has 2 heterocycles. The lowest BCUT2D eigenvalue weighted by Gasteiger charge is -1.88. The van der Waals surface area contributed by atoms with Crippen LogP contribution in [-0.4, -0.2) is 9.97 Å². The van der Waals surface area contributed by atoms with Gasteiger partial charge in [0.2, 0.25) is 0 Å². The third-order valence-corrected chi connectivity index (χ3v) is 1.99. The number of pyridine rings is 1. The van der Waals surface area contributed by atoms with E-state index in [1.807, 2.05) is 30.5 Å². The zero-order chi connectivity index (χ0) is 9.80. The standard InChI is InChI=1S/C11H9N3/c12-6-2-1-4-9-8-14-11-10(9)5-3-7-13-11/h1,3-5,7-8H,2H2,(H,13,14). The summed E-state index contributed by atoms with van der Waals surface area (Å²) in [5.41, 5.74) is 1.95. The highest BCUT2D eigenvalue weighted by molar-refractivity contribution is 5.85. The summed E-state index contributed by atoms with van der Waals surface area (Å²) in [7, 11) is 0. The lowest BCUT2D eigenvalue weighted by molar-refractivity contribution is 1.32. The first-order valence-electron chi connectivity index (χ1n) is 4.37. The van der Waals surface area contributed by atoms with E-state index in [0.29, 0.717) is 6.42 Å².